The van der Waals surface area contributed by atoms with E-state index in [-0.39, 0.29) is 44.0 Å². The summed E-state index contributed by atoms with van der Waals surface area (Å²) in [6, 6.07) is 11.9. The molecule has 0 saturated heterocycles. The number of benzene rings is 2. The molecule has 41 heavy (non-hydrogen) atoms. The lowest BCUT2D eigenvalue weighted by Gasteiger charge is -2.14. The molecule has 0 aliphatic heterocycles. The average Bonchev–Trinajstić information content (AvgIpc) is 3.32. The first-order chi connectivity index (χ1) is 19.8. The monoisotopic (exact) mass is 558 g/mol. The lowest BCUT2D eigenvalue weighted by Crippen LogP contribution is -2.42. The molecule has 2 amide bonds. The largest absolute Gasteiger partial charge is 0.480 e. The van der Waals surface area contributed by atoms with E-state index in [1.807, 2.05) is 43.3 Å². The number of carbonyl (C=O) groups is 3. The summed E-state index contributed by atoms with van der Waals surface area (Å²) >= 11 is 0. The zero-order valence-corrected chi connectivity index (χ0v) is 23.1. The van der Waals surface area contributed by atoms with Crippen LogP contribution in [0.1, 0.15) is 60.1 Å². The normalized spacial score (nSPS) is 13.6. The second-order valence-corrected chi connectivity index (χ2v) is 10.7. The first-order valence-electron chi connectivity index (χ1n) is 14.1. The number of amides is 2. The van der Waals surface area contributed by atoms with Gasteiger partial charge >= 0.3 is 11.6 Å². The maximum Gasteiger partial charge on any atom is 0.339 e. The zero-order valence-electron chi connectivity index (χ0n) is 23.1. The lowest BCUT2D eigenvalue weighted by atomic mass is 9.94. The molecule has 0 radical (unpaired) electrons. The van der Waals surface area contributed by atoms with Crippen LogP contribution in [0.5, 0.6) is 0 Å². The SMILES string of the molecule is Cc1c(CCC(=O)NCCCC(=O)NC(Cc2ccccc2)C(=O)O)c(=O)oc2cc3oc4c(c3cc12)CCCC4. The van der Waals surface area contributed by atoms with Crippen molar-refractivity contribution < 1.29 is 28.3 Å². The number of nitrogens with one attached hydrogen (secondary N) is 2. The Bertz CT molecular complexity index is 1650. The number of hydrogen-bond acceptors (Lipinski definition) is 6. The van der Waals surface area contributed by atoms with Crippen LogP contribution in [0.3, 0.4) is 0 Å². The van der Waals surface area contributed by atoms with Gasteiger partial charge in [0.2, 0.25) is 11.8 Å². The minimum absolute atomic E-state index is 0.0818. The van der Waals surface area contributed by atoms with Gasteiger partial charge in [-0.3, -0.25) is 9.59 Å². The first-order valence-corrected chi connectivity index (χ1v) is 14.1. The van der Waals surface area contributed by atoms with Crippen LogP contribution in [0.4, 0.5) is 0 Å². The standard InChI is InChI=1S/C32H34N2O7/c1-19-21(32(39)41-27-18-28-24(17-23(19)27)22-10-5-6-11-26(22)40-28)13-14-29(35)33-15-7-12-30(36)34-25(31(37)38)16-20-8-3-2-4-9-20/h2-4,8-9,17-18,25H,5-7,10-16H2,1H3,(H,33,35)(H,34,36)(H,37,38). The van der Waals surface area contributed by atoms with Gasteiger partial charge in [-0.2, -0.15) is 0 Å². The van der Waals surface area contributed by atoms with Gasteiger partial charge in [0.25, 0.3) is 0 Å². The third-order valence-electron chi connectivity index (χ3n) is 7.78. The number of fused-ring (bicyclic) bond motifs is 4. The summed E-state index contributed by atoms with van der Waals surface area (Å²) in [7, 11) is 0. The van der Waals surface area contributed by atoms with Crippen LogP contribution in [0.2, 0.25) is 0 Å². The highest BCUT2D eigenvalue weighted by molar-refractivity contribution is 5.97. The van der Waals surface area contributed by atoms with E-state index in [9.17, 15) is 24.3 Å². The van der Waals surface area contributed by atoms with Crippen molar-refractivity contribution >= 4 is 39.7 Å². The van der Waals surface area contributed by atoms with Crippen LogP contribution in [-0.4, -0.2) is 35.5 Å². The van der Waals surface area contributed by atoms with Gasteiger partial charge in [0.15, 0.2) is 0 Å². The molecule has 1 aliphatic carbocycles. The minimum Gasteiger partial charge on any atom is -0.480 e. The fourth-order valence-corrected chi connectivity index (χ4v) is 5.55. The summed E-state index contributed by atoms with van der Waals surface area (Å²) in [6.07, 6.45) is 5.11. The van der Waals surface area contributed by atoms with Gasteiger partial charge in [-0.15, -0.1) is 0 Å². The Morgan fingerprint density at radius 1 is 0.951 bits per heavy atom. The van der Waals surface area contributed by atoms with E-state index in [4.69, 9.17) is 8.83 Å². The van der Waals surface area contributed by atoms with Crippen molar-refractivity contribution in [2.24, 2.45) is 0 Å². The van der Waals surface area contributed by atoms with Gasteiger partial charge in [-0.25, -0.2) is 9.59 Å². The highest BCUT2D eigenvalue weighted by Gasteiger charge is 2.22. The summed E-state index contributed by atoms with van der Waals surface area (Å²) in [5.41, 5.74) is 4.09. The van der Waals surface area contributed by atoms with Gasteiger partial charge in [0, 0.05) is 60.2 Å². The predicted octanol–water partition coefficient (Wildman–Crippen LogP) is 4.37. The highest BCUT2D eigenvalue weighted by atomic mass is 16.4. The van der Waals surface area contributed by atoms with E-state index in [2.05, 4.69) is 10.6 Å². The van der Waals surface area contributed by atoms with Gasteiger partial charge in [-0.1, -0.05) is 30.3 Å². The van der Waals surface area contributed by atoms with Crippen molar-refractivity contribution in [2.45, 2.75) is 70.8 Å². The Morgan fingerprint density at radius 3 is 2.49 bits per heavy atom. The van der Waals surface area contributed by atoms with Crippen molar-refractivity contribution in [3.63, 3.8) is 0 Å². The van der Waals surface area contributed by atoms with E-state index < -0.39 is 17.6 Å². The second-order valence-electron chi connectivity index (χ2n) is 10.7. The Balaban J connectivity index is 1.13. The Kier molecular flexibility index (Phi) is 8.52. The number of hydrogen-bond donors (Lipinski definition) is 3. The molecule has 0 saturated carbocycles. The smallest absolute Gasteiger partial charge is 0.339 e. The fraction of sp³-hybridized carbons (Fsp3) is 0.375. The van der Waals surface area contributed by atoms with Crippen LogP contribution in [0.25, 0.3) is 21.9 Å². The number of carbonyl (C=O) groups excluding carboxylic acids is 2. The van der Waals surface area contributed by atoms with Gasteiger partial charge in [-0.05, 0) is 56.2 Å². The molecule has 0 bridgehead atoms. The zero-order chi connectivity index (χ0) is 28.9. The Morgan fingerprint density at radius 2 is 1.71 bits per heavy atom. The molecule has 9 nitrogen and oxygen atoms in total. The van der Waals surface area contributed by atoms with E-state index in [1.54, 1.807) is 6.07 Å². The average molecular weight is 559 g/mol. The van der Waals surface area contributed by atoms with Crippen molar-refractivity contribution in [1.29, 1.82) is 0 Å². The topological polar surface area (TPSA) is 139 Å². The van der Waals surface area contributed by atoms with Crippen LogP contribution >= 0.6 is 0 Å². The van der Waals surface area contributed by atoms with Crippen LogP contribution in [0, 0.1) is 6.92 Å². The van der Waals surface area contributed by atoms with Gasteiger partial charge in [0.1, 0.15) is 23.0 Å². The number of aliphatic carboxylic acids is 1. The van der Waals surface area contributed by atoms with Crippen molar-refractivity contribution in [3.8, 4) is 0 Å². The molecule has 3 N–H and O–H groups in total. The van der Waals surface area contributed by atoms with Crippen LogP contribution in [-0.2, 0) is 40.1 Å². The molecule has 2 aromatic heterocycles. The predicted molar refractivity (Wildman–Crippen MR) is 154 cm³/mol. The highest BCUT2D eigenvalue weighted by Crippen LogP contribution is 2.35. The molecule has 0 spiro atoms. The third kappa shape index (κ3) is 6.51. The summed E-state index contributed by atoms with van der Waals surface area (Å²) in [5.74, 6) is -0.710. The maximum absolute atomic E-state index is 12.8. The summed E-state index contributed by atoms with van der Waals surface area (Å²) in [4.78, 5) is 49.1. The van der Waals surface area contributed by atoms with Crippen molar-refractivity contribution in [2.75, 3.05) is 6.54 Å². The molecule has 0 fully saturated rings. The first kappa shape index (κ1) is 28.1. The summed E-state index contributed by atoms with van der Waals surface area (Å²) < 4.78 is 11.7. The van der Waals surface area contributed by atoms with E-state index in [1.165, 1.54) is 5.56 Å². The van der Waals surface area contributed by atoms with E-state index in [0.29, 0.717) is 17.6 Å². The maximum atomic E-state index is 12.8. The second kappa shape index (κ2) is 12.4. The molecule has 4 aromatic rings. The molecule has 1 unspecified atom stereocenters. The summed E-state index contributed by atoms with van der Waals surface area (Å²) in [5, 5.41) is 16.7. The number of furan rings is 1. The van der Waals surface area contributed by atoms with Crippen LogP contribution < -0.4 is 16.3 Å². The fourth-order valence-electron chi connectivity index (χ4n) is 5.55. The van der Waals surface area contributed by atoms with Gasteiger partial charge < -0.3 is 24.6 Å². The quantitative estimate of drug-likeness (QED) is 0.184. The number of aryl methyl sites for hydroxylation is 3. The van der Waals surface area contributed by atoms with Gasteiger partial charge in [0.05, 0.1) is 0 Å². The Labute approximate surface area is 236 Å². The van der Waals surface area contributed by atoms with E-state index >= 15 is 0 Å². The molecule has 1 aliphatic rings. The molecule has 5 rings (SSSR count). The summed E-state index contributed by atoms with van der Waals surface area (Å²) in [6.45, 7) is 2.14. The molecule has 2 heterocycles. The lowest BCUT2D eigenvalue weighted by molar-refractivity contribution is -0.141. The molecule has 2 aromatic carbocycles. The third-order valence-corrected chi connectivity index (χ3v) is 7.78. The molecular weight excluding hydrogens is 524 g/mol. The molecular formula is C32H34N2O7. The number of rotatable bonds is 11. The molecule has 9 heteroatoms. The Hall–Kier alpha value is -4.40. The molecule has 214 valence electrons. The molecule has 1 atom stereocenters. The number of carboxylic acid groups (broad SMARTS) is 1. The van der Waals surface area contributed by atoms with E-state index in [0.717, 1.165) is 58.9 Å². The van der Waals surface area contributed by atoms with Crippen LogP contribution in [0.15, 0.2) is 56.1 Å². The minimum atomic E-state index is -1.10. The van der Waals surface area contributed by atoms with Crippen molar-refractivity contribution in [3.05, 3.63) is 80.9 Å². The van der Waals surface area contributed by atoms with Crippen molar-refractivity contribution in [1.82, 2.24) is 10.6 Å². The number of carboxylic acids is 1.